The zero-order valence-electron chi connectivity index (χ0n) is 13.8. The van der Waals surface area contributed by atoms with Gasteiger partial charge in [-0.3, -0.25) is 4.79 Å². The second-order valence-electron chi connectivity index (χ2n) is 5.54. The fourth-order valence-electron chi connectivity index (χ4n) is 2.29. The van der Waals surface area contributed by atoms with Crippen molar-refractivity contribution in [1.82, 2.24) is 4.72 Å². The Hall–Kier alpha value is -2.32. The van der Waals surface area contributed by atoms with Crippen molar-refractivity contribution < 1.29 is 17.6 Å². The van der Waals surface area contributed by atoms with Gasteiger partial charge in [-0.05, 0) is 48.5 Å². The summed E-state index contributed by atoms with van der Waals surface area (Å²) < 4.78 is 32.4. The Kier molecular flexibility index (Phi) is 5.86. The highest BCUT2D eigenvalue weighted by Gasteiger charge is 2.16. The molecule has 0 atom stereocenters. The number of rotatable bonds is 6. The number of hydrogen-bond donors (Lipinski definition) is 2. The van der Waals surface area contributed by atoms with Crippen LogP contribution in [0.2, 0.25) is 10.0 Å². The highest BCUT2D eigenvalue weighted by atomic mass is 35.5. The SMILES string of the molecule is O=C(Nc1cccc(S(=O)(=O)NCc2ccco2)c1)c1cc(Cl)cc(Cl)c1. The summed E-state index contributed by atoms with van der Waals surface area (Å²) in [6, 6.07) is 13.7. The van der Waals surface area contributed by atoms with E-state index in [0.29, 0.717) is 21.5 Å². The molecule has 3 rings (SSSR count). The fourth-order valence-corrected chi connectivity index (χ4v) is 3.86. The van der Waals surface area contributed by atoms with Crippen molar-refractivity contribution >= 4 is 44.8 Å². The van der Waals surface area contributed by atoms with E-state index in [1.165, 1.54) is 42.7 Å². The van der Waals surface area contributed by atoms with Gasteiger partial charge in [0.15, 0.2) is 0 Å². The van der Waals surface area contributed by atoms with Crippen LogP contribution in [0.5, 0.6) is 0 Å². The van der Waals surface area contributed by atoms with Gasteiger partial charge in [0.05, 0.1) is 17.7 Å². The van der Waals surface area contributed by atoms with E-state index < -0.39 is 15.9 Å². The van der Waals surface area contributed by atoms with Crippen LogP contribution in [0.25, 0.3) is 0 Å². The molecule has 9 heteroatoms. The number of anilines is 1. The number of carbonyl (C=O) groups excluding carboxylic acids is 1. The van der Waals surface area contributed by atoms with Gasteiger partial charge >= 0.3 is 0 Å². The molecule has 0 radical (unpaired) electrons. The number of amides is 1. The van der Waals surface area contributed by atoms with E-state index in [-0.39, 0.29) is 17.0 Å². The van der Waals surface area contributed by atoms with Crippen LogP contribution in [0.1, 0.15) is 16.1 Å². The standard InChI is InChI=1S/C18H14Cl2N2O4S/c19-13-7-12(8-14(20)9-13)18(23)22-15-3-1-5-17(10-15)27(24,25)21-11-16-4-2-6-26-16/h1-10,21H,11H2,(H,22,23). The average Bonchev–Trinajstić information content (AvgIpc) is 3.13. The van der Waals surface area contributed by atoms with Crippen LogP contribution in [-0.4, -0.2) is 14.3 Å². The first-order valence-electron chi connectivity index (χ1n) is 7.73. The van der Waals surface area contributed by atoms with Crippen LogP contribution < -0.4 is 10.0 Å². The van der Waals surface area contributed by atoms with E-state index in [1.807, 2.05) is 0 Å². The van der Waals surface area contributed by atoms with Crippen LogP contribution in [0, 0.1) is 0 Å². The Bertz CT molecular complexity index is 1050. The van der Waals surface area contributed by atoms with E-state index in [2.05, 4.69) is 10.0 Å². The summed E-state index contributed by atoms with van der Waals surface area (Å²) in [5.74, 6) is 0.0263. The summed E-state index contributed by atoms with van der Waals surface area (Å²) >= 11 is 11.8. The van der Waals surface area contributed by atoms with E-state index in [4.69, 9.17) is 27.6 Å². The normalized spacial score (nSPS) is 11.3. The smallest absolute Gasteiger partial charge is 0.255 e. The lowest BCUT2D eigenvalue weighted by Crippen LogP contribution is -2.23. The molecular weight excluding hydrogens is 411 g/mol. The molecule has 0 fully saturated rings. The molecule has 0 saturated heterocycles. The Morgan fingerprint density at radius 3 is 2.41 bits per heavy atom. The van der Waals surface area contributed by atoms with Crippen LogP contribution >= 0.6 is 23.2 Å². The van der Waals surface area contributed by atoms with Crippen molar-refractivity contribution in [2.45, 2.75) is 11.4 Å². The maximum atomic E-state index is 12.4. The maximum absolute atomic E-state index is 12.4. The molecule has 1 amide bonds. The zero-order chi connectivity index (χ0) is 19.4. The lowest BCUT2D eigenvalue weighted by Gasteiger charge is -2.09. The molecule has 0 aliphatic rings. The molecule has 0 saturated carbocycles. The lowest BCUT2D eigenvalue weighted by molar-refractivity contribution is 0.102. The zero-order valence-corrected chi connectivity index (χ0v) is 16.1. The molecule has 140 valence electrons. The molecule has 2 aromatic carbocycles. The first kappa shape index (κ1) is 19.4. The van der Waals surface area contributed by atoms with Gasteiger partial charge in [0.1, 0.15) is 5.76 Å². The minimum Gasteiger partial charge on any atom is -0.468 e. The monoisotopic (exact) mass is 424 g/mol. The van der Waals surface area contributed by atoms with Crippen molar-refractivity contribution in [1.29, 1.82) is 0 Å². The Balaban J connectivity index is 1.75. The molecule has 0 bridgehead atoms. The summed E-state index contributed by atoms with van der Waals surface area (Å²) in [7, 11) is -3.78. The molecule has 0 aliphatic heterocycles. The number of nitrogens with one attached hydrogen (secondary N) is 2. The highest BCUT2D eigenvalue weighted by Crippen LogP contribution is 2.21. The lowest BCUT2D eigenvalue weighted by atomic mass is 10.2. The van der Waals surface area contributed by atoms with Gasteiger partial charge in [-0.25, -0.2) is 13.1 Å². The van der Waals surface area contributed by atoms with Crippen LogP contribution in [0.15, 0.2) is 70.2 Å². The highest BCUT2D eigenvalue weighted by molar-refractivity contribution is 7.89. The predicted molar refractivity (Wildman–Crippen MR) is 104 cm³/mol. The van der Waals surface area contributed by atoms with Crippen molar-refractivity contribution in [2.75, 3.05) is 5.32 Å². The largest absolute Gasteiger partial charge is 0.468 e. The molecule has 2 N–H and O–H groups in total. The summed E-state index contributed by atoms with van der Waals surface area (Å²) in [6.07, 6.45) is 1.46. The number of hydrogen-bond acceptors (Lipinski definition) is 4. The third-order valence-corrected chi connectivity index (χ3v) is 5.38. The fraction of sp³-hybridized carbons (Fsp3) is 0.0556. The quantitative estimate of drug-likeness (QED) is 0.616. The number of carbonyl (C=O) groups is 1. The number of sulfonamides is 1. The van der Waals surface area contributed by atoms with E-state index in [0.717, 1.165) is 0 Å². The second-order valence-corrected chi connectivity index (χ2v) is 8.18. The molecular formula is C18H14Cl2N2O4S. The van der Waals surface area contributed by atoms with Crippen molar-refractivity contribution in [2.24, 2.45) is 0 Å². The molecule has 0 spiro atoms. The van der Waals surface area contributed by atoms with Crippen molar-refractivity contribution in [3.05, 3.63) is 82.2 Å². The Labute approximate surface area is 166 Å². The summed E-state index contributed by atoms with van der Waals surface area (Å²) in [5, 5.41) is 3.28. The van der Waals surface area contributed by atoms with Crippen LogP contribution in [0.4, 0.5) is 5.69 Å². The number of furan rings is 1. The molecule has 6 nitrogen and oxygen atoms in total. The number of halogens is 2. The van der Waals surface area contributed by atoms with E-state index in [1.54, 1.807) is 18.2 Å². The molecule has 3 aromatic rings. The van der Waals surface area contributed by atoms with Gasteiger partial charge in [0, 0.05) is 21.3 Å². The molecule has 0 unspecified atom stereocenters. The minimum atomic E-state index is -3.78. The first-order valence-corrected chi connectivity index (χ1v) is 9.97. The summed E-state index contributed by atoms with van der Waals surface area (Å²) in [6.45, 7) is 0.0208. The molecule has 0 aliphatic carbocycles. The van der Waals surface area contributed by atoms with Gasteiger partial charge in [-0.2, -0.15) is 0 Å². The maximum Gasteiger partial charge on any atom is 0.255 e. The van der Waals surface area contributed by atoms with E-state index >= 15 is 0 Å². The Morgan fingerprint density at radius 1 is 1.00 bits per heavy atom. The number of benzene rings is 2. The summed E-state index contributed by atoms with van der Waals surface area (Å²) in [5.41, 5.74) is 0.577. The average molecular weight is 425 g/mol. The van der Waals surface area contributed by atoms with Crippen LogP contribution in [0.3, 0.4) is 0 Å². The molecule has 1 aromatic heterocycles. The van der Waals surface area contributed by atoms with Gasteiger partial charge in [-0.1, -0.05) is 29.3 Å². The molecule has 1 heterocycles. The van der Waals surface area contributed by atoms with Crippen molar-refractivity contribution in [3.8, 4) is 0 Å². The van der Waals surface area contributed by atoms with Gasteiger partial charge in [0.2, 0.25) is 10.0 Å². The minimum absolute atomic E-state index is 0.0102. The molecule has 27 heavy (non-hydrogen) atoms. The van der Waals surface area contributed by atoms with Gasteiger partial charge in [-0.15, -0.1) is 0 Å². The third-order valence-electron chi connectivity index (χ3n) is 3.54. The van der Waals surface area contributed by atoms with Crippen LogP contribution in [-0.2, 0) is 16.6 Å². The summed E-state index contributed by atoms with van der Waals surface area (Å²) in [4.78, 5) is 12.4. The van der Waals surface area contributed by atoms with Crippen molar-refractivity contribution in [3.63, 3.8) is 0 Å². The Morgan fingerprint density at radius 2 is 1.74 bits per heavy atom. The van der Waals surface area contributed by atoms with Gasteiger partial charge < -0.3 is 9.73 Å². The second kappa shape index (κ2) is 8.14. The van der Waals surface area contributed by atoms with Gasteiger partial charge in [0.25, 0.3) is 5.91 Å². The predicted octanol–water partition coefficient (Wildman–Crippen LogP) is 4.32. The first-order chi connectivity index (χ1) is 12.8. The third kappa shape index (κ3) is 5.11. The topological polar surface area (TPSA) is 88.4 Å². The van der Waals surface area contributed by atoms with E-state index in [9.17, 15) is 13.2 Å².